The van der Waals surface area contributed by atoms with Crippen LogP contribution in [0.1, 0.15) is 5.69 Å². The lowest BCUT2D eigenvalue weighted by atomic mass is 10.3. The number of rotatable bonds is 3. The highest BCUT2D eigenvalue weighted by Gasteiger charge is 2.19. The van der Waals surface area contributed by atoms with Crippen LogP contribution >= 0.6 is 11.3 Å². The summed E-state index contributed by atoms with van der Waals surface area (Å²) in [5.41, 5.74) is 7.08. The molecule has 9 heteroatoms. The third-order valence-electron chi connectivity index (χ3n) is 3.98. The van der Waals surface area contributed by atoms with Crippen LogP contribution in [0.25, 0.3) is 4.96 Å². The van der Waals surface area contributed by atoms with E-state index < -0.39 is 0 Å². The van der Waals surface area contributed by atoms with Gasteiger partial charge in [0.15, 0.2) is 10.9 Å². The van der Waals surface area contributed by atoms with Crippen molar-refractivity contribution < 1.29 is 0 Å². The van der Waals surface area contributed by atoms with E-state index in [1.807, 2.05) is 28.2 Å². The molecule has 0 saturated carbocycles. The van der Waals surface area contributed by atoms with E-state index in [0.29, 0.717) is 12.5 Å². The second kappa shape index (κ2) is 6.44. The molecule has 0 unspecified atom stereocenters. The normalized spacial score (nSPS) is 16.1. The highest BCUT2D eigenvalue weighted by molar-refractivity contribution is 7.15. The van der Waals surface area contributed by atoms with Gasteiger partial charge in [0.25, 0.3) is 0 Å². The Labute approximate surface area is 143 Å². The van der Waals surface area contributed by atoms with Gasteiger partial charge in [-0.15, -0.1) is 11.3 Å². The number of thiazole rings is 1. The molecule has 4 rings (SSSR count). The van der Waals surface area contributed by atoms with E-state index in [0.717, 1.165) is 42.8 Å². The average Bonchev–Trinajstić information content (AvgIpc) is 3.22. The quantitative estimate of drug-likeness (QED) is 0.560. The van der Waals surface area contributed by atoms with E-state index in [9.17, 15) is 0 Å². The number of fused-ring (bicyclic) bond motifs is 1. The summed E-state index contributed by atoms with van der Waals surface area (Å²) in [5.74, 6) is 1.34. The molecule has 3 aromatic heterocycles. The second-order valence-corrected chi connectivity index (χ2v) is 6.40. The first-order chi connectivity index (χ1) is 11.8. The predicted octanol–water partition coefficient (Wildman–Crippen LogP) is 0.823. The van der Waals surface area contributed by atoms with E-state index >= 15 is 0 Å². The van der Waals surface area contributed by atoms with Crippen molar-refractivity contribution in [2.45, 2.75) is 6.54 Å². The van der Waals surface area contributed by atoms with Gasteiger partial charge in [-0.05, 0) is 6.07 Å². The zero-order valence-corrected chi connectivity index (χ0v) is 13.9. The highest BCUT2D eigenvalue weighted by Crippen LogP contribution is 2.12. The number of hydrogen-bond acceptors (Lipinski definition) is 6. The summed E-state index contributed by atoms with van der Waals surface area (Å²) in [6.45, 7) is 3.79. The van der Waals surface area contributed by atoms with Gasteiger partial charge < -0.3 is 15.5 Å². The van der Waals surface area contributed by atoms with Crippen molar-refractivity contribution in [2.75, 3.05) is 31.1 Å². The number of nitrogens with two attached hydrogens (primary N) is 1. The molecule has 2 N–H and O–H groups in total. The summed E-state index contributed by atoms with van der Waals surface area (Å²) in [6.07, 6.45) is 7.52. The molecule has 0 bridgehead atoms. The van der Waals surface area contributed by atoms with Gasteiger partial charge in [0.05, 0.1) is 12.2 Å². The number of guanidine groups is 1. The van der Waals surface area contributed by atoms with E-state index in [4.69, 9.17) is 5.73 Å². The van der Waals surface area contributed by atoms with Gasteiger partial charge in [-0.3, -0.25) is 4.40 Å². The maximum atomic E-state index is 6.14. The zero-order chi connectivity index (χ0) is 16.4. The van der Waals surface area contributed by atoms with Gasteiger partial charge >= 0.3 is 0 Å². The minimum atomic E-state index is 0.502. The summed E-state index contributed by atoms with van der Waals surface area (Å²) in [6, 6.07) is 1.82. The van der Waals surface area contributed by atoms with Crippen LogP contribution in [0.15, 0.2) is 41.2 Å². The lowest BCUT2D eigenvalue weighted by Gasteiger charge is -2.35. The Morgan fingerprint density at radius 3 is 2.75 bits per heavy atom. The van der Waals surface area contributed by atoms with Crippen molar-refractivity contribution in [3.63, 3.8) is 0 Å². The average molecular weight is 342 g/mol. The SMILES string of the molecule is NC(=NCc1cn2ccsc2n1)N1CCN(c2ncccn2)CC1. The second-order valence-electron chi connectivity index (χ2n) is 5.52. The van der Waals surface area contributed by atoms with Gasteiger partial charge in [-0.25, -0.2) is 19.9 Å². The summed E-state index contributed by atoms with van der Waals surface area (Å²) >= 11 is 1.61. The molecular formula is C15H18N8S. The fourth-order valence-electron chi connectivity index (χ4n) is 2.70. The number of hydrogen-bond donors (Lipinski definition) is 1. The highest BCUT2D eigenvalue weighted by atomic mass is 32.1. The monoisotopic (exact) mass is 342 g/mol. The zero-order valence-electron chi connectivity index (χ0n) is 13.1. The summed E-state index contributed by atoms with van der Waals surface area (Å²) in [4.78, 5) is 22.8. The van der Waals surface area contributed by atoms with Crippen LogP contribution < -0.4 is 10.6 Å². The number of aromatic nitrogens is 4. The fourth-order valence-corrected chi connectivity index (χ4v) is 3.42. The van der Waals surface area contributed by atoms with Crippen molar-refractivity contribution in [3.8, 4) is 0 Å². The van der Waals surface area contributed by atoms with E-state index in [2.05, 4.69) is 29.7 Å². The minimum Gasteiger partial charge on any atom is -0.370 e. The van der Waals surface area contributed by atoms with Gasteiger partial charge in [-0.2, -0.15) is 0 Å². The molecule has 1 aliphatic rings. The lowest BCUT2D eigenvalue weighted by Crippen LogP contribution is -2.51. The molecule has 0 aromatic carbocycles. The summed E-state index contributed by atoms with van der Waals surface area (Å²) < 4.78 is 2.00. The fraction of sp³-hybridized carbons (Fsp3) is 0.333. The standard InChI is InChI=1S/C15H18N8S/c16-13(19-10-12-11-23-8-9-24-15(23)20-12)21-4-6-22(7-5-21)14-17-2-1-3-18-14/h1-3,8-9,11H,4-7,10H2,(H2,16,19). The summed E-state index contributed by atoms with van der Waals surface area (Å²) in [7, 11) is 0. The topological polar surface area (TPSA) is 87.9 Å². The van der Waals surface area contributed by atoms with Crippen LogP contribution in [-0.2, 0) is 6.54 Å². The predicted molar refractivity (Wildman–Crippen MR) is 94.2 cm³/mol. The van der Waals surface area contributed by atoms with Crippen molar-refractivity contribution in [3.05, 3.63) is 41.9 Å². The van der Waals surface area contributed by atoms with Crippen molar-refractivity contribution in [1.29, 1.82) is 0 Å². The molecule has 124 valence electrons. The Morgan fingerprint density at radius 1 is 1.21 bits per heavy atom. The molecule has 3 aromatic rings. The number of nitrogens with zero attached hydrogens (tertiary/aromatic N) is 7. The van der Waals surface area contributed by atoms with Crippen LogP contribution in [0.5, 0.6) is 0 Å². The first-order valence-corrected chi connectivity index (χ1v) is 8.65. The molecule has 0 atom stereocenters. The third-order valence-corrected chi connectivity index (χ3v) is 4.76. The van der Waals surface area contributed by atoms with E-state index in [1.165, 1.54) is 0 Å². The summed E-state index contributed by atoms with van der Waals surface area (Å²) in [5, 5.41) is 2.01. The molecule has 0 amide bonds. The van der Waals surface area contributed by atoms with Crippen LogP contribution in [0.4, 0.5) is 5.95 Å². The smallest absolute Gasteiger partial charge is 0.225 e. The number of piperazine rings is 1. The molecule has 0 radical (unpaired) electrons. The Bertz CT molecular complexity index is 803. The molecule has 1 saturated heterocycles. The molecular weight excluding hydrogens is 324 g/mol. The first-order valence-electron chi connectivity index (χ1n) is 7.77. The largest absolute Gasteiger partial charge is 0.370 e. The van der Waals surface area contributed by atoms with Crippen LogP contribution in [0.2, 0.25) is 0 Å². The Morgan fingerprint density at radius 2 is 2.00 bits per heavy atom. The maximum absolute atomic E-state index is 6.14. The van der Waals surface area contributed by atoms with Crippen molar-refractivity contribution in [1.82, 2.24) is 24.3 Å². The molecule has 0 spiro atoms. The van der Waals surface area contributed by atoms with Crippen LogP contribution in [0.3, 0.4) is 0 Å². The van der Waals surface area contributed by atoms with E-state index in [-0.39, 0.29) is 0 Å². The number of imidazole rings is 1. The van der Waals surface area contributed by atoms with Gasteiger partial charge in [-0.1, -0.05) is 0 Å². The number of anilines is 1. The van der Waals surface area contributed by atoms with Gasteiger partial charge in [0, 0.05) is 56.3 Å². The Hall–Kier alpha value is -2.68. The molecule has 8 nitrogen and oxygen atoms in total. The van der Waals surface area contributed by atoms with Crippen molar-refractivity contribution in [2.24, 2.45) is 10.7 Å². The van der Waals surface area contributed by atoms with Crippen LogP contribution in [0, 0.1) is 0 Å². The van der Waals surface area contributed by atoms with Gasteiger partial charge in [0.2, 0.25) is 5.95 Å². The maximum Gasteiger partial charge on any atom is 0.225 e. The van der Waals surface area contributed by atoms with Gasteiger partial charge in [0.1, 0.15) is 0 Å². The van der Waals surface area contributed by atoms with Crippen molar-refractivity contribution >= 4 is 28.2 Å². The molecule has 24 heavy (non-hydrogen) atoms. The minimum absolute atomic E-state index is 0.502. The Balaban J connectivity index is 1.35. The van der Waals surface area contributed by atoms with Crippen LogP contribution in [-0.4, -0.2) is 56.4 Å². The third kappa shape index (κ3) is 3.02. The lowest BCUT2D eigenvalue weighted by molar-refractivity contribution is 0.378. The molecule has 1 aliphatic heterocycles. The molecule has 4 heterocycles. The molecule has 0 aliphatic carbocycles. The first kappa shape index (κ1) is 14.9. The number of aliphatic imine (C=N–C) groups is 1. The molecule has 1 fully saturated rings. The Kier molecular flexibility index (Phi) is 3.99. The van der Waals surface area contributed by atoms with E-state index in [1.54, 1.807) is 23.7 Å².